The van der Waals surface area contributed by atoms with Gasteiger partial charge in [-0.1, -0.05) is 60.7 Å². The third-order valence-electron chi connectivity index (χ3n) is 5.12. The van der Waals surface area contributed by atoms with E-state index >= 15 is 0 Å². The Morgan fingerprint density at radius 2 is 1.44 bits per heavy atom. The number of carboxylic acids is 1. The van der Waals surface area contributed by atoms with Crippen molar-refractivity contribution in [3.63, 3.8) is 0 Å². The third kappa shape index (κ3) is 5.06. The molecule has 0 spiro atoms. The summed E-state index contributed by atoms with van der Waals surface area (Å²) in [6, 6.07) is 20.2. The van der Waals surface area contributed by atoms with Gasteiger partial charge in [0.15, 0.2) is 0 Å². The van der Waals surface area contributed by atoms with Crippen LogP contribution in [0.2, 0.25) is 0 Å². The first-order chi connectivity index (χ1) is 16.2. The van der Waals surface area contributed by atoms with E-state index in [1.165, 1.54) is 72.9 Å². The molecule has 34 heavy (non-hydrogen) atoms. The predicted molar refractivity (Wildman–Crippen MR) is 118 cm³/mol. The van der Waals surface area contributed by atoms with Gasteiger partial charge in [0.25, 0.3) is 0 Å². The van der Waals surface area contributed by atoms with Gasteiger partial charge in [0.05, 0.1) is 0 Å². The maximum Gasteiger partial charge on any atom is 0.429 e. The van der Waals surface area contributed by atoms with Gasteiger partial charge >= 0.3 is 12.1 Å². The van der Waals surface area contributed by atoms with Crippen LogP contribution in [0.4, 0.5) is 17.6 Å². The second-order valence-corrected chi connectivity index (χ2v) is 7.40. The van der Waals surface area contributed by atoms with Crippen LogP contribution in [-0.2, 0) is 0 Å². The number of alkyl halides is 3. The number of carbonyl (C=O) groups is 1. The molecule has 0 fully saturated rings. The highest BCUT2D eigenvalue weighted by molar-refractivity contribution is 5.85. The van der Waals surface area contributed by atoms with E-state index in [1.807, 2.05) is 0 Å². The van der Waals surface area contributed by atoms with Crippen molar-refractivity contribution in [2.24, 2.45) is 0 Å². The van der Waals surface area contributed by atoms with Gasteiger partial charge in [-0.25, -0.2) is 14.2 Å². The Bertz CT molecular complexity index is 1290. The molecular formula is C26H17F4NO3. The fraction of sp³-hybridized carbons (Fsp3) is 0.0769. The van der Waals surface area contributed by atoms with Gasteiger partial charge in [0.1, 0.15) is 17.3 Å². The van der Waals surface area contributed by atoms with Crippen molar-refractivity contribution < 1.29 is 32.2 Å². The number of benzene rings is 3. The number of hydrogen-bond acceptors (Lipinski definition) is 3. The second-order valence-electron chi connectivity index (χ2n) is 7.40. The molecule has 0 bridgehead atoms. The zero-order valence-electron chi connectivity index (χ0n) is 17.5. The molecule has 4 nitrogen and oxygen atoms in total. The molecule has 1 aromatic heterocycles. The molecule has 1 N–H and O–H groups in total. The van der Waals surface area contributed by atoms with Crippen LogP contribution in [0.25, 0.3) is 22.3 Å². The SMILES string of the molecule is O=C(O)c1ccc(-c2ccc(C(Oc3ccc(-c4ccccc4F)cc3)C(F)(F)F)cc2)cn1. The number of rotatable bonds is 6. The molecular weight excluding hydrogens is 450 g/mol. The standard InChI is InChI=1S/C26H17F4NO3/c27-22-4-2-1-3-21(22)17-9-12-20(13-10-17)34-24(26(28,29)30)18-7-5-16(6-8-18)19-11-14-23(25(32)33)31-15-19/h1-15,24H,(H,32,33). The normalized spacial score (nSPS) is 12.2. The Hall–Kier alpha value is -4.20. The van der Waals surface area contributed by atoms with Crippen molar-refractivity contribution in [2.75, 3.05) is 0 Å². The minimum atomic E-state index is -4.68. The highest BCUT2D eigenvalue weighted by Gasteiger charge is 2.43. The monoisotopic (exact) mass is 467 g/mol. The van der Waals surface area contributed by atoms with Gasteiger partial charge in [-0.05, 0) is 35.4 Å². The summed E-state index contributed by atoms with van der Waals surface area (Å²) >= 11 is 0. The van der Waals surface area contributed by atoms with Gasteiger partial charge in [0.2, 0.25) is 6.10 Å². The number of ether oxygens (including phenoxy) is 1. The van der Waals surface area contributed by atoms with Crippen molar-refractivity contribution in [1.82, 2.24) is 4.98 Å². The molecule has 1 heterocycles. The average molecular weight is 467 g/mol. The second kappa shape index (κ2) is 9.35. The number of carboxylic acid groups (broad SMARTS) is 1. The molecule has 172 valence electrons. The number of aromatic carboxylic acids is 1. The smallest absolute Gasteiger partial charge is 0.429 e. The van der Waals surface area contributed by atoms with Gasteiger partial charge in [0, 0.05) is 22.9 Å². The summed E-state index contributed by atoms with van der Waals surface area (Å²) < 4.78 is 60.6. The largest absolute Gasteiger partial charge is 0.477 e. The molecule has 8 heteroatoms. The first-order valence-corrected chi connectivity index (χ1v) is 10.1. The fourth-order valence-corrected chi connectivity index (χ4v) is 3.41. The zero-order chi connectivity index (χ0) is 24.3. The number of nitrogens with zero attached hydrogens (tertiary/aromatic N) is 1. The molecule has 0 aliphatic heterocycles. The summed E-state index contributed by atoms with van der Waals surface area (Å²) in [5, 5.41) is 8.93. The van der Waals surface area contributed by atoms with Crippen molar-refractivity contribution in [3.8, 4) is 28.0 Å². The van der Waals surface area contributed by atoms with Crippen molar-refractivity contribution in [3.05, 3.63) is 108 Å². The van der Waals surface area contributed by atoms with Crippen LogP contribution in [-0.4, -0.2) is 22.2 Å². The molecule has 4 aromatic rings. The molecule has 0 saturated carbocycles. The first kappa shape index (κ1) is 23.0. The molecule has 0 aliphatic rings. The van der Waals surface area contributed by atoms with Crippen LogP contribution < -0.4 is 4.74 Å². The van der Waals surface area contributed by atoms with Gasteiger partial charge < -0.3 is 9.84 Å². The van der Waals surface area contributed by atoms with E-state index in [2.05, 4.69) is 4.98 Å². The molecule has 1 atom stereocenters. The summed E-state index contributed by atoms with van der Waals surface area (Å²) in [6.07, 6.45) is -5.56. The Morgan fingerprint density at radius 3 is 2.00 bits per heavy atom. The van der Waals surface area contributed by atoms with E-state index in [0.29, 0.717) is 22.3 Å². The number of halogens is 4. The molecule has 3 aromatic carbocycles. The van der Waals surface area contributed by atoms with E-state index < -0.39 is 24.1 Å². The van der Waals surface area contributed by atoms with Crippen LogP contribution in [0, 0.1) is 5.82 Å². The Morgan fingerprint density at radius 1 is 0.824 bits per heavy atom. The molecule has 0 saturated heterocycles. The van der Waals surface area contributed by atoms with Crippen LogP contribution in [0.15, 0.2) is 91.1 Å². The summed E-state index contributed by atoms with van der Waals surface area (Å²) in [5.41, 5.74) is 1.74. The Labute approximate surface area is 192 Å². The summed E-state index contributed by atoms with van der Waals surface area (Å²) in [6.45, 7) is 0. The lowest BCUT2D eigenvalue weighted by molar-refractivity contribution is -0.198. The Kier molecular flexibility index (Phi) is 6.32. The van der Waals surface area contributed by atoms with E-state index in [1.54, 1.807) is 18.2 Å². The molecule has 0 radical (unpaired) electrons. The Balaban J connectivity index is 1.55. The molecule has 0 amide bonds. The lowest BCUT2D eigenvalue weighted by Crippen LogP contribution is -2.26. The number of aromatic nitrogens is 1. The highest BCUT2D eigenvalue weighted by atomic mass is 19.4. The summed E-state index contributed by atoms with van der Waals surface area (Å²) in [5.74, 6) is -1.62. The minimum Gasteiger partial charge on any atom is -0.477 e. The zero-order valence-corrected chi connectivity index (χ0v) is 17.5. The predicted octanol–water partition coefficient (Wildman–Crippen LogP) is 6.94. The van der Waals surface area contributed by atoms with E-state index in [9.17, 15) is 22.4 Å². The van der Waals surface area contributed by atoms with E-state index in [4.69, 9.17) is 9.84 Å². The molecule has 1 unspecified atom stereocenters. The average Bonchev–Trinajstić information content (AvgIpc) is 2.83. The number of pyridine rings is 1. The van der Waals surface area contributed by atoms with E-state index in [-0.39, 0.29) is 17.0 Å². The van der Waals surface area contributed by atoms with Crippen LogP contribution in [0.5, 0.6) is 5.75 Å². The van der Waals surface area contributed by atoms with Crippen molar-refractivity contribution >= 4 is 5.97 Å². The first-order valence-electron chi connectivity index (χ1n) is 10.1. The topological polar surface area (TPSA) is 59.4 Å². The third-order valence-corrected chi connectivity index (χ3v) is 5.12. The van der Waals surface area contributed by atoms with Gasteiger partial charge in [-0.15, -0.1) is 0 Å². The van der Waals surface area contributed by atoms with Gasteiger partial charge in [-0.3, -0.25) is 0 Å². The van der Waals surface area contributed by atoms with Crippen molar-refractivity contribution in [1.29, 1.82) is 0 Å². The van der Waals surface area contributed by atoms with Crippen molar-refractivity contribution in [2.45, 2.75) is 12.3 Å². The number of hydrogen-bond donors (Lipinski definition) is 1. The maximum atomic E-state index is 14.0. The lowest BCUT2D eigenvalue weighted by Gasteiger charge is -2.22. The molecule has 0 aliphatic carbocycles. The van der Waals surface area contributed by atoms with Gasteiger partial charge in [-0.2, -0.15) is 13.2 Å². The van der Waals surface area contributed by atoms with E-state index in [0.717, 1.165) is 0 Å². The van der Waals surface area contributed by atoms with Crippen LogP contribution in [0.1, 0.15) is 22.2 Å². The maximum absolute atomic E-state index is 14.0. The minimum absolute atomic E-state index is 0.0139. The fourth-order valence-electron chi connectivity index (χ4n) is 3.41. The quantitative estimate of drug-likeness (QED) is 0.312. The highest BCUT2D eigenvalue weighted by Crippen LogP contribution is 2.38. The lowest BCUT2D eigenvalue weighted by atomic mass is 10.0. The molecule has 4 rings (SSSR count). The van der Waals surface area contributed by atoms with Crippen LogP contribution in [0.3, 0.4) is 0 Å². The van der Waals surface area contributed by atoms with Crippen LogP contribution >= 0.6 is 0 Å². The summed E-state index contributed by atoms with van der Waals surface area (Å²) in [4.78, 5) is 14.7. The summed E-state index contributed by atoms with van der Waals surface area (Å²) in [7, 11) is 0.